The molecule has 1 aliphatic heterocycles. The Bertz CT molecular complexity index is 270. The van der Waals surface area contributed by atoms with Crippen LogP contribution < -0.4 is 24.2 Å². The van der Waals surface area contributed by atoms with Crippen LogP contribution >= 0.6 is 0 Å². The Morgan fingerprint density at radius 3 is 2.67 bits per heavy atom. The predicted octanol–water partition coefficient (Wildman–Crippen LogP) is -0.513. The number of benzene rings is 1. The molecule has 2 rings (SSSR count). The zero-order chi connectivity index (χ0) is 9.80. The van der Waals surface area contributed by atoms with Crippen molar-refractivity contribution in [3.63, 3.8) is 0 Å². The van der Waals surface area contributed by atoms with E-state index in [0.29, 0.717) is 12.1 Å². The van der Waals surface area contributed by atoms with Crippen molar-refractivity contribution in [3.05, 3.63) is 41.2 Å². The summed E-state index contributed by atoms with van der Waals surface area (Å²) in [5.74, 6) is 0. The summed E-state index contributed by atoms with van der Waals surface area (Å²) < 4.78 is 0. The molecule has 3 heteroatoms. The normalized spacial score (nSPS) is 22.1. The molecule has 1 aromatic carbocycles. The van der Waals surface area contributed by atoms with Crippen LogP contribution in [0.2, 0.25) is 0 Å². The first-order valence-corrected chi connectivity index (χ1v) is 5.32. The fraction of sp³-hybridized carbons (Fsp3) is 0.500. The Balaban J connectivity index is 0.00000112. The summed E-state index contributed by atoms with van der Waals surface area (Å²) in [6.45, 7) is 4.35. The molecule has 0 saturated carbocycles. The largest absolute Gasteiger partial charge is 1.00 e. The number of nitrogens with one attached hydrogen (secondary N) is 1. The fourth-order valence-corrected chi connectivity index (χ4v) is 1.90. The molecule has 0 aromatic heterocycles. The molecule has 2 atom stereocenters. The molecule has 1 heterocycles. The summed E-state index contributed by atoms with van der Waals surface area (Å²) in [5, 5.41) is 8.12. The number of rotatable bonds is 3. The standard InChI is InChI=1S/C12H17N2.Li/c1-10(11-5-3-2-4-6-11)14-12-7-8-13-9-12;/h2-6,10,12-13H,7-9H2,1H3;/q-1;+1/t10-,12?;/m0./s1. The summed E-state index contributed by atoms with van der Waals surface area (Å²) in [6, 6.07) is 11.4. The van der Waals surface area contributed by atoms with E-state index in [9.17, 15) is 0 Å². The molecule has 1 saturated heterocycles. The van der Waals surface area contributed by atoms with E-state index in [2.05, 4.69) is 36.5 Å². The van der Waals surface area contributed by atoms with Gasteiger partial charge < -0.3 is 10.6 Å². The minimum absolute atomic E-state index is 0. The van der Waals surface area contributed by atoms with Crippen LogP contribution in [-0.2, 0) is 0 Å². The first-order chi connectivity index (χ1) is 6.86. The van der Waals surface area contributed by atoms with Crippen LogP contribution in [-0.4, -0.2) is 19.1 Å². The van der Waals surface area contributed by atoms with Crippen LogP contribution in [0.5, 0.6) is 0 Å². The first kappa shape index (κ1) is 12.8. The molecule has 1 aliphatic rings. The number of hydrogen-bond acceptors (Lipinski definition) is 1. The SMILES string of the molecule is C[C@H]([N-]C1CCNC1)c1ccccc1.[Li+]. The van der Waals surface area contributed by atoms with Gasteiger partial charge in [0.25, 0.3) is 0 Å². The monoisotopic (exact) mass is 196 g/mol. The van der Waals surface area contributed by atoms with Crippen LogP contribution in [0.1, 0.15) is 24.9 Å². The molecule has 0 spiro atoms. The summed E-state index contributed by atoms with van der Waals surface area (Å²) in [6.07, 6.45) is 1.19. The Labute approximate surface area is 104 Å². The third kappa shape index (κ3) is 3.66. The molecule has 1 N–H and O–H groups in total. The fourth-order valence-electron chi connectivity index (χ4n) is 1.90. The summed E-state index contributed by atoms with van der Waals surface area (Å²) in [4.78, 5) is 0. The molecule has 0 radical (unpaired) electrons. The second kappa shape index (κ2) is 6.35. The summed E-state index contributed by atoms with van der Waals surface area (Å²) >= 11 is 0. The van der Waals surface area contributed by atoms with Gasteiger partial charge in [-0.1, -0.05) is 49.2 Å². The second-order valence-corrected chi connectivity index (χ2v) is 3.88. The Morgan fingerprint density at radius 1 is 1.33 bits per heavy atom. The quantitative estimate of drug-likeness (QED) is 0.647. The van der Waals surface area contributed by atoms with Crippen molar-refractivity contribution < 1.29 is 18.9 Å². The molecular weight excluding hydrogens is 179 g/mol. The van der Waals surface area contributed by atoms with Crippen molar-refractivity contribution in [2.45, 2.75) is 25.4 Å². The van der Waals surface area contributed by atoms with Crippen LogP contribution in [0.15, 0.2) is 30.3 Å². The molecule has 0 amide bonds. The molecule has 76 valence electrons. The topological polar surface area (TPSA) is 26.1 Å². The average molecular weight is 196 g/mol. The van der Waals surface area contributed by atoms with Crippen LogP contribution in [0.3, 0.4) is 0 Å². The van der Waals surface area contributed by atoms with Gasteiger partial charge in [0.05, 0.1) is 0 Å². The summed E-state index contributed by atoms with van der Waals surface area (Å²) in [7, 11) is 0. The van der Waals surface area contributed by atoms with Gasteiger partial charge in [-0.25, -0.2) is 0 Å². The van der Waals surface area contributed by atoms with E-state index >= 15 is 0 Å². The van der Waals surface area contributed by atoms with E-state index in [-0.39, 0.29) is 18.9 Å². The van der Waals surface area contributed by atoms with E-state index in [1.807, 2.05) is 6.07 Å². The second-order valence-electron chi connectivity index (χ2n) is 3.88. The smallest absolute Gasteiger partial charge is 0.652 e. The molecule has 1 unspecified atom stereocenters. The zero-order valence-electron chi connectivity index (χ0n) is 9.61. The molecule has 2 nitrogen and oxygen atoms in total. The van der Waals surface area contributed by atoms with Gasteiger partial charge in [-0.15, -0.1) is 12.1 Å². The van der Waals surface area contributed by atoms with Crippen LogP contribution in [0.25, 0.3) is 5.32 Å². The molecule has 0 bridgehead atoms. The third-order valence-corrected chi connectivity index (χ3v) is 2.75. The predicted molar refractivity (Wildman–Crippen MR) is 59.5 cm³/mol. The van der Waals surface area contributed by atoms with Crippen molar-refractivity contribution in [3.8, 4) is 0 Å². The minimum atomic E-state index is 0. The van der Waals surface area contributed by atoms with Gasteiger partial charge >= 0.3 is 18.9 Å². The van der Waals surface area contributed by atoms with Crippen LogP contribution in [0.4, 0.5) is 0 Å². The molecule has 0 aliphatic carbocycles. The van der Waals surface area contributed by atoms with Gasteiger partial charge in [-0.05, 0) is 13.1 Å². The molecule has 1 fully saturated rings. The van der Waals surface area contributed by atoms with Gasteiger partial charge in [0, 0.05) is 0 Å². The molecular formula is C12H17LiN2. The van der Waals surface area contributed by atoms with Crippen molar-refractivity contribution >= 4 is 0 Å². The number of hydrogen-bond donors (Lipinski definition) is 1. The van der Waals surface area contributed by atoms with E-state index in [0.717, 1.165) is 13.1 Å². The maximum atomic E-state index is 4.78. The van der Waals surface area contributed by atoms with Gasteiger partial charge in [0.2, 0.25) is 0 Å². The van der Waals surface area contributed by atoms with Gasteiger partial charge in [0.15, 0.2) is 0 Å². The van der Waals surface area contributed by atoms with E-state index in [1.54, 1.807) is 0 Å². The Hall–Kier alpha value is -0.263. The maximum Gasteiger partial charge on any atom is 1.00 e. The Kier molecular flexibility index (Phi) is 5.42. The maximum absolute atomic E-state index is 4.78. The van der Waals surface area contributed by atoms with Gasteiger partial charge in [0.1, 0.15) is 0 Å². The average Bonchev–Trinajstić information content (AvgIpc) is 2.72. The Morgan fingerprint density at radius 2 is 2.07 bits per heavy atom. The molecule has 15 heavy (non-hydrogen) atoms. The van der Waals surface area contributed by atoms with E-state index in [1.165, 1.54) is 12.0 Å². The van der Waals surface area contributed by atoms with Crippen molar-refractivity contribution in [2.75, 3.05) is 13.1 Å². The van der Waals surface area contributed by atoms with E-state index in [4.69, 9.17) is 5.32 Å². The third-order valence-electron chi connectivity index (χ3n) is 2.75. The number of nitrogens with zero attached hydrogens (tertiary/aromatic N) is 1. The van der Waals surface area contributed by atoms with Crippen molar-refractivity contribution in [2.24, 2.45) is 0 Å². The van der Waals surface area contributed by atoms with Gasteiger partial charge in [-0.3, -0.25) is 0 Å². The van der Waals surface area contributed by atoms with Gasteiger partial charge in [-0.2, -0.15) is 0 Å². The van der Waals surface area contributed by atoms with Crippen molar-refractivity contribution in [1.29, 1.82) is 0 Å². The zero-order valence-corrected chi connectivity index (χ0v) is 9.61. The first-order valence-electron chi connectivity index (χ1n) is 5.32. The minimum Gasteiger partial charge on any atom is -0.652 e. The van der Waals surface area contributed by atoms with E-state index < -0.39 is 0 Å². The van der Waals surface area contributed by atoms with Crippen molar-refractivity contribution in [1.82, 2.24) is 5.32 Å². The summed E-state index contributed by atoms with van der Waals surface area (Å²) in [5.41, 5.74) is 1.32. The molecule has 1 aromatic rings. The van der Waals surface area contributed by atoms with Crippen LogP contribution in [0, 0.1) is 0 Å².